The van der Waals surface area contributed by atoms with E-state index in [4.69, 9.17) is 20.5 Å². The van der Waals surface area contributed by atoms with Crippen molar-refractivity contribution < 1.29 is 18.5 Å². The van der Waals surface area contributed by atoms with Crippen molar-refractivity contribution in [1.29, 1.82) is 0 Å². The van der Waals surface area contributed by atoms with E-state index in [9.17, 15) is 9.59 Å². The summed E-state index contributed by atoms with van der Waals surface area (Å²) in [6.45, 7) is 2.09. The van der Waals surface area contributed by atoms with Crippen LogP contribution in [0.3, 0.4) is 0 Å². The first-order chi connectivity index (χ1) is 12.5. The van der Waals surface area contributed by atoms with Crippen molar-refractivity contribution in [3.05, 3.63) is 64.3 Å². The lowest BCUT2D eigenvalue weighted by molar-refractivity contribution is 0.0947. The van der Waals surface area contributed by atoms with Gasteiger partial charge in [0.1, 0.15) is 12.0 Å². The molecule has 0 aliphatic heterocycles. The summed E-state index contributed by atoms with van der Waals surface area (Å²) in [5.41, 5.74) is 1.20. The minimum Gasteiger partial charge on any atom is -0.431 e. The minimum atomic E-state index is -0.543. The first-order valence-electron chi connectivity index (χ1n) is 7.74. The summed E-state index contributed by atoms with van der Waals surface area (Å²) < 4.78 is 9.91. The third-order valence-corrected chi connectivity index (χ3v) is 3.68. The zero-order valence-electron chi connectivity index (χ0n) is 13.8. The number of hydrogen-bond acceptors (Lipinski definition) is 6. The Kier molecular flexibility index (Phi) is 5.33. The van der Waals surface area contributed by atoms with Crippen LogP contribution in [0.2, 0.25) is 5.02 Å². The number of aryl methyl sites for hydroxylation is 1. The average molecular weight is 375 g/mol. The van der Waals surface area contributed by atoms with E-state index < -0.39 is 11.8 Å². The van der Waals surface area contributed by atoms with E-state index in [-0.39, 0.29) is 17.4 Å². The number of anilines is 1. The normalized spacial score (nSPS) is 10.5. The van der Waals surface area contributed by atoms with E-state index in [0.717, 1.165) is 5.56 Å². The highest BCUT2D eigenvalue weighted by Gasteiger charge is 2.16. The molecule has 2 amide bonds. The fourth-order valence-electron chi connectivity index (χ4n) is 2.13. The van der Waals surface area contributed by atoms with Crippen molar-refractivity contribution in [3.63, 3.8) is 0 Å². The Hall–Kier alpha value is -3.13. The predicted octanol–water partition coefficient (Wildman–Crippen LogP) is 2.85. The highest BCUT2D eigenvalue weighted by molar-refractivity contribution is 6.30. The lowest BCUT2D eigenvalue weighted by Crippen LogP contribution is -2.26. The summed E-state index contributed by atoms with van der Waals surface area (Å²) in [4.78, 5) is 27.9. The van der Waals surface area contributed by atoms with Crippen molar-refractivity contribution in [3.8, 4) is 0 Å². The van der Waals surface area contributed by atoms with E-state index in [1.807, 2.05) is 12.1 Å². The first kappa shape index (κ1) is 17.7. The monoisotopic (exact) mass is 374 g/mol. The number of rotatable bonds is 6. The Bertz CT molecular complexity index is 917. The second-order valence-electron chi connectivity index (χ2n) is 5.45. The second kappa shape index (κ2) is 7.83. The number of oxazole rings is 1. The largest absolute Gasteiger partial charge is 0.431 e. The molecule has 1 aromatic carbocycles. The maximum absolute atomic E-state index is 12.1. The molecule has 2 aromatic heterocycles. The van der Waals surface area contributed by atoms with Gasteiger partial charge in [0.25, 0.3) is 11.8 Å². The van der Waals surface area contributed by atoms with Crippen LogP contribution in [-0.2, 0) is 6.42 Å². The molecule has 9 heteroatoms. The maximum Gasteiger partial charge on any atom is 0.302 e. The van der Waals surface area contributed by atoms with Gasteiger partial charge in [0.15, 0.2) is 11.4 Å². The molecular formula is C17H15ClN4O4. The molecule has 0 aliphatic carbocycles. The van der Waals surface area contributed by atoms with Crippen LogP contribution in [0, 0.1) is 6.92 Å². The third-order valence-electron chi connectivity index (χ3n) is 3.43. The van der Waals surface area contributed by atoms with Gasteiger partial charge in [-0.15, -0.1) is 0 Å². The van der Waals surface area contributed by atoms with Gasteiger partial charge in [-0.25, -0.2) is 0 Å². The first-order valence-corrected chi connectivity index (χ1v) is 8.12. The fraction of sp³-hybridized carbons (Fsp3) is 0.176. The molecule has 0 saturated carbocycles. The number of amides is 2. The molecule has 8 nitrogen and oxygen atoms in total. The number of nitrogens with one attached hydrogen (secondary N) is 2. The van der Waals surface area contributed by atoms with Gasteiger partial charge < -0.3 is 14.3 Å². The van der Waals surface area contributed by atoms with Crippen molar-refractivity contribution >= 4 is 29.4 Å². The van der Waals surface area contributed by atoms with Gasteiger partial charge >= 0.3 is 6.01 Å². The molecular weight excluding hydrogens is 360 g/mol. The lowest BCUT2D eigenvalue weighted by atomic mass is 10.1. The Labute approximate surface area is 153 Å². The van der Waals surface area contributed by atoms with Crippen LogP contribution >= 0.6 is 11.6 Å². The molecule has 0 bridgehead atoms. The van der Waals surface area contributed by atoms with Gasteiger partial charge in [0.05, 0.1) is 0 Å². The van der Waals surface area contributed by atoms with E-state index in [1.165, 1.54) is 12.3 Å². The molecule has 0 fully saturated rings. The van der Waals surface area contributed by atoms with Gasteiger partial charge in [0, 0.05) is 17.6 Å². The Morgan fingerprint density at radius 2 is 1.92 bits per heavy atom. The van der Waals surface area contributed by atoms with E-state index in [1.54, 1.807) is 19.1 Å². The molecule has 26 heavy (non-hydrogen) atoms. The van der Waals surface area contributed by atoms with Gasteiger partial charge in [-0.1, -0.05) is 28.9 Å². The highest BCUT2D eigenvalue weighted by Crippen LogP contribution is 2.11. The van der Waals surface area contributed by atoms with Crippen LogP contribution in [0.25, 0.3) is 0 Å². The molecule has 0 aliphatic rings. The van der Waals surface area contributed by atoms with Gasteiger partial charge in [-0.3, -0.25) is 14.9 Å². The number of aromatic nitrogens is 2. The summed E-state index contributed by atoms with van der Waals surface area (Å²) in [6.07, 6.45) is 1.82. The predicted molar refractivity (Wildman–Crippen MR) is 93.2 cm³/mol. The second-order valence-corrected chi connectivity index (χ2v) is 5.88. The Balaban J connectivity index is 1.51. The topological polar surface area (TPSA) is 110 Å². The van der Waals surface area contributed by atoms with Crippen LogP contribution in [-0.4, -0.2) is 28.5 Å². The molecule has 0 unspecified atom stereocenters. The smallest absolute Gasteiger partial charge is 0.302 e. The summed E-state index contributed by atoms with van der Waals surface area (Å²) in [7, 11) is 0. The quantitative estimate of drug-likeness (QED) is 0.686. The van der Waals surface area contributed by atoms with Crippen molar-refractivity contribution in [2.75, 3.05) is 11.9 Å². The molecule has 3 rings (SSSR count). The maximum atomic E-state index is 12.1. The zero-order valence-corrected chi connectivity index (χ0v) is 14.5. The molecule has 0 radical (unpaired) electrons. The number of halogens is 1. The molecule has 3 aromatic rings. The summed E-state index contributed by atoms with van der Waals surface area (Å²) in [5, 5.41) is 9.38. The zero-order chi connectivity index (χ0) is 18.5. The standard InChI is InChI=1S/C17H15ClN4O4/c1-10-8-13(22-26-10)16(24)21-17-20-14(9-25-17)15(23)19-7-6-11-2-4-12(18)5-3-11/h2-5,8-9H,6-7H2,1H3,(H,19,23)(H,20,21,24). The van der Waals surface area contributed by atoms with Crippen LogP contribution < -0.4 is 10.6 Å². The van der Waals surface area contributed by atoms with E-state index in [2.05, 4.69) is 20.8 Å². The molecule has 2 N–H and O–H groups in total. The molecule has 0 spiro atoms. The number of hydrogen-bond donors (Lipinski definition) is 2. The highest BCUT2D eigenvalue weighted by atomic mass is 35.5. The van der Waals surface area contributed by atoms with Crippen molar-refractivity contribution in [2.45, 2.75) is 13.3 Å². The summed E-state index contributed by atoms with van der Waals surface area (Å²) >= 11 is 5.83. The van der Waals surface area contributed by atoms with Crippen molar-refractivity contribution in [2.24, 2.45) is 0 Å². The average Bonchev–Trinajstić information content (AvgIpc) is 3.26. The van der Waals surface area contributed by atoms with E-state index in [0.29, 0.717) is 23.7 Å². The third kappa shape index (κ3) is 4.48. The minimum absolute atomic E-state index is 0.0627. The fourth-order valence-corrected chi connectivity index (χ4v) is 2.26. The van der Waals surface area contributed by atoms with Crippen molar-refractivity contribution in [1.82, 2.24) is 15.5 Å². The van der Waals surface area contributed by atoms with Crippen LogP contribution in [0.5, 0.6) is 0 Å². The number of carbonyl (C=O) groups is 2. The summed E-state index contributed by atoms with van der Waals surface area (Å²) in [6, 6.07) is 8.75. The van der Waals surface area contributed by atoms with E-state index >= 15 is 0 Å². The molecule has 134 valence electrons. The summed E-state index contributed by atoms with van der Waals surface area (Å²) in [5.74, 6) is -0.442. The van der Waals surface area contributed by atoms with Crippen LogP contribution in [0.1, 0.15) is 32.3 Å². The SMILES string of the molecule is Cc1cc(C(=O)Nc2nc(C(=O)NCCc3ccc(Cl)cc3)co2)no1. The molecule has 2 heterocycles. The number of nitrogens with zero attached hydrogens (tertiary/aromatic N) is 2. The Morgan fingerprint density at radius 1 is 1.15 bits per heavy atom. The number of carbonyl (C=O) groups excluding carboxylic acids is 2. The van der Waals surface area contributed by atoms with Gasteiger partial charge in [0.2, 0.25) is 0 Å². The molecule has 0 atom stereocenters. The van der Waals surface area contributed by atoms with Gasteiger partial charge in [-0.2, -0.15) is 4.98 Å². The van der Waals surface area contributed by atoms with Crippen LogP contribution in [0.15, 0.2) is 45.5 Å². The lowest BCUT2D eigenvalue weighted by Gasteiger charge is -2.03. The molecule has 0 saturated heterocycles. The Morgan fingerprint density at radius 3 is 2.62 bits per heavy atom. The van der Waals surface area contributed by atoms with Crippen LogP contribution in [0.4, 0.5) is 6.01 Å². The number of benzene rings is 1. The van der Waals surface area contributed by atoms with Gasteiger partial charge in [-0.05, 0) is 31.0 Å².